The van der Waals surface area contributed by atoms with Crippen molar-refractivity contribution < 1.29 is 14.3 Å². The van der Waals surface area contributed by atoms with Gasteiger partial charge in [-0.15, -0.1) is 0 Å². The molecule has 5 heteroatoms. The first-order valence-electron chi connectivity index (χ1n) is 9.24. The number of nitrogens with zero attached hydrogens (tertiary/aromatic N) is 1. The van der Waals surface area contributed by atoms with Crippen molar-refractivity contribution in [3.8, 4) is 5.75 Å². The second kappa shape index (κ2) is 10.5. The van der Waals surface area contributed by atoms with Crippen LogP contribution >= 0.6 is 0 Å². The Morgan fingerprint density at radius 3 is 2.26 bits per heavy atom. The average Bonchev–Trinajstić information content (AvgIpc) is 2.67. The zero-order chi connectivity index (χ0) is 19.6. The molecule has 1 amide bonds. The summed E-state index contributed by atoms with van der Waals surface area (Å²) in [6, 6.07) is 16.8. The van der Waals surface area contributed by atoms with Crippen LogP contribution in [0.15, 0.2) is 54.6 Å². The Morgan fingerprint density at radius 1 is 1.00 bits per heavy atom. The van der Waals surface area contributed by atoms with Gasteiger partial charge in [0.1, 0.15) is 5.75 Å². The number of nitrogens with one attached hydrogen (secondary N) is 1. The normalized spacial score (nSPS) is 11.9. The number of Topliss-reactive ketones (excluding diaryl/α,β-unsaturated/α-hetero) is 1. The first-order valence-corrected chi connectivity index (χ1v) is 9.24. The quantitative estimate of drug-likeness (QED) is 0.653. The number of carbonyl (C=O) groups excluding carboxylic acids is 2. The van der Waals surface area contributed by atoms with Gasteiger partial charge in [-0.2, -0.15) is 0 Å². The van der Waals surface area contributed by atoms with Crippen LogP contribution in [0, 0.1) is 0 Å². The molecule has 0 aliphatic carbocycles. The first kappa shape index (κ1) is 20.6. The first-order chi connectivity index (χ1) is 13.0. The number of likely N-dealkylation sites (N-methyl/N-ethyl adjacent to an activating group) is 1. The van der Waals surface area contributed by atoms with Crippen molar-refractivity contribution in [1.29, 1.82) is 0 Å². The zero-order valence-electron chi connectivity index (χ0n) is 16.3. The molecule has 1 N–H and O–H groups in total. The fourth-order valence-corrected chi connectivity index (χ4v) is 2.83. The van der Waals surface area contributed by atoms with Gasteiger partial charge in [0, 0.05) is 24.9 Å². The van der Waals surface area contributed by atoms with Crippen molar-refractivity contribution >= 4 is 11.7 Å². The molecular weight excluding hydrogens is 340 g/mol. The Labute approximate surface area is 161 Å². The highest BCUT2D eigenvalue weighted by atomic mass is 16.5. The molecule has 5 nitrogen and oxygen atoms in total. The number of hydrogen-bond donors (Lipinski definition) is 1. The van der Waals surface area contributed by atoms with Crippen LogP contribution in [0.5, 0.6) is 5.75 Å². The third kappa shape index (κ3) is 6.87. The summed E-state index contributed by atoms with van der Waals surface area (Å²) in [7, 11) is 3.94. The molecule has 0 aliphatic heterocycles. The number of benzene rings is 2. The van der Waals surface area contributed by atoms with Crippen molar-refractivity contribution in [3.63, 3.8) is 0 Å². The number of carbonyl (C=O) groups is 2. The van der Waals surface area contributed by atoms with Gasteiger partial charge in [-0.3, -0.25) is 9.59 Å². The molecule has 0 saturated carbocycles. The zero-order valence-corrected chi connectivity index (χ0v) is 16.3. The van der Waals surface area contributed by atoms with E-state index in [-0.39, 0.29) is 30.6 Å². The van der Waals surface area contributed by atoms with Gasteiger partial charge in [-0.05, 0) is 50.8 Å². The molecule has 0 heterocycles. The summed E-state index contributed by atoms with van der Waals surface area (Å²) in [6.07, 6.45) is 0.353. The minimum Gasteiger partial charge on any atom is -0.494 e. The minimum atomic E-state index is -0.120. The lowest BCUT2D eigenvalue weighted by Gasteiger charge is -2.23. The van der Waals surface area contributed by atoms with Crippen LogP contribution in [0.1, 0.15) is 41.7 Å². The van der Waals surface area contributed by atoms with E-state index in [1.165, 1.54) is 0 Å². The molecule has 0 spiro atoms. The lowest BCUT2D eigenvalue weighted by Crippen LogP contribution is -2.35. The topological polar surface area (TPSA) is 58.6 Å². The second-order valence-corrected chi connectivity index (χ2v) is 6.67. The van der Waals surface area contributed by atoms with Crippen molar-refractivity contribution in [2.75, 3.05) is 27.2 Å². The molecule has 0 unspecified atom stereocenters. The summed E-state index contributed by atoms with van der Waals surface area (Å²) in [5.74, 6) is 0.572. The fourth-order valence-electron chi connectivity index (χ4n) is 2.83. The molecule has 0 bridgehead atoms. The highest BCUT2D eigenvalue weighted by molar-refractivity contribution is 5.98. The van der Waals surface area contributed by atoms with Crippen molar-refractivity contribution in [2.24, 2.45) is 0 Å². The van der Waals surface area contributed by atoms with E-state index in [9.17, 15) is 9.59 Å². The summed E-state index contributed by atoms with van der Waals surface area (Å²) < 4.78 is 5.38. The van der Waals surface area contributed by atoms with Gasteiger partial charge in [0.2, 0.25) is 5.91 Å². The van der Waals surface area contributed by atoms with Gasteiger partial charge in [-0.1, -0.05) is 30.3 Å². The molecule has 1 atom stereocenters. The molecule has 2 aromatic rings. The Bertz CT molecular complexity index is 727. The van der Waals surface area contributed by atoms with Crippen LogP contribution in [-0.2, 0) is 4.79 Å². The van der Waals surface area contributed by atoms with Crippen LogP contribution in [0.3, 0.4) is 0 Å². The number of hydrogen-bond acceptors (Lipinski definition) is 4. The minimum absolute atomic E-state index is 0.0444. The maximum atomic E-state index is 12.4. The van der Waals surface area contributed by atoms with Gasteiger partial charge in [0.25, 0.3) is 0 Å². The molecule has 0 fully saturated rings. The summed E-state index contributed by atoms with van der Waals surface area (Å²) >= 11 is 0. The van der Waals surface area contributed by atoms with Gasteiger partial charge in [0.15, 0.2) is 5.78 Å². The van der Waals surface area contributed by atoms with E-state index in [2.05, 4.69) is 5.32 Å². The average molecular weight is 368 g/mol. The summed E-state index contributed by atoms with van der Waals surface area (Å²) in [6.45, 7) is 3.20. The Kier molecular flexibility index (Phi) is 8.01. The van der Waals surface area contributed by atoms with Crippen LogP contribution in [0.4, 0.5) is 0 Å². The van der Waals surface area contributed by atoms with Crippen LogP contribution in [0.2, 0.25) is 0 Å². The molecule has 0 aliphatic rings. The van der Waals surface area contributed by atoms with Crippen molar-refractivity contribution in [1.82, 2.24) is 10.2 Å². The fraction of sp³-hybridized carbons (Fsp3) is 0.364. The van der Waals surface area contributed by atoms with Gasteiger partial charge in [-0.25, -0.2) is 0 Å². The molecule has 0 radical (unpaired) electrons. The Hall–Kier alpha value is -2.66. The number of rotatable bonds is 10. The maximum Gasteiger partial charge on any atom is 0.220 e. The number of amides is 1. The summed E-state index contributed by atoms with van der Waals surface area (Å²) in [5, 5.41) is 3.04. The summed E-state index contributed by atoms with van der Waals surface area (Å²) in [5.41, 5.74) is 1.65. The van der Waals surface area contributed by atoms with E-state index in [1.54, 1.807) is 24.3 Å². The molecule has 2 rings (SSSR count). The molecule has 144 valence electrons. The van der Waals surface area contributed by atoms with E-state index in [4.69, 9.17) is 4.74 Å². The Balaban J connectivity index is 1.90. The van der Waals surface area contributed by atoms with Gasteiger partial charge < -0.3 is 15.0 Å². The standard InChI is InChI=1S/C22H28N2O3/c1-4-27-19-12-10-18(11-13-19)21(25)14-15-22(26)23-20(16-24(2)3)17-8-6-5-7-9-17/h5-13,20H,4,14-16H2,1-3H3,(H,23,26)/t20-/m1/s1. The lowest BCUT2D eigenvalue weighted by molar-refractivity contribution is -0.121. The van der Waals surface area contributed by atoms with Crippen molar-refractivity contribution in [3.05, 3.63) is 65.7 Å². The maximum absolute atomic E-state index is 12.4. The van der Waals surface area contributed by atoms with E-state index in [1.807, 2.05) is 56.3 Å². The molecule has 27 heavy (non-hydrogen) atoms. The van der Waals surface area contributed by atoms with Crippen molar-refractivity contribution in [2.45, 2.75) is 25.8 Å². The van der Waals surface area contributed by atoms with Crippen LogP contribution in [0.25, 0.3) is 0 Å². The van der Waals surface area contributed by atoms with Crippen LogP contribution < -0.4 is 10.1 Å². The summed E-state index contributed by atoms with van der Waals surface area (Å²) in [4.78, 5) is 26.7. The number of ether oxygens (including phenoxy) is 1. The van der Waals surface area contributed by atoms with E-state index < -0.39 is 0 Å². The predicted molar refractivity (Wildman–Crippen MR) is 107 cm³/mol. The van der Waals surface area contributed by atoms with E-state index in [0.717, 1.165) is 11.3 Å². The molecule has 0 aromatic heterocycles. The Morgan fingerprint density at radius 2 is 1.67 bits per heavy atom. The molecular formula is C22H28N2O3. The third-order valence-electron chi connectivity index (χ3n) is 4.15. The molecule has 0 saturated heterocycles. The van der Waals surface area contributed by atoms with E-state index in [0.29, 0.717) is 18.7 Å². The number of ketones is 1. The third-order valence-corrected chi connectivity index (χ3v) is 4.15. The van der Waals surface area contributed by atoms with Crippen LogP contribution in [-0.4, -0.2) is 43.8 Å². The van der Waals surface area contributed by atoms with Gasteiger partial charge >= 0.3 is 0 Å². The monoisotopic (exact) mass is 368 g/mol. The second-order valence-electron chi connectivity index (χ2n) is 6.67. The largest absolute Gasteiger partial charge is 0.494 e. The SMILES string of the molecule is CCOc1ccc(C(=O)CCC(=O)N[C@H](CN(C)C)c2ccccc2)cc1. The van der Waals surface area contributed by atoms with E-state index >= 15 is 0 Å². The smallest absolute Gasteiger partial charge is 0.220 e. The highest BCUT2D eigenvalue weighted by Crippen LogP contribution is 2.16. The van der Waals surface area contributed by atoms with Gasteiger partial charge in [0.05, 0.1) is 12.6 Å². The molecule has 2 aromatic carbocycles. The predicted octanol–water partition coefficient (Wildman–Crippen LogP) is 3.47. The highest BCUT2D eigenvalue weighted by Gasteiger charge is 2.16. The lowest BCUT2D eigenvalue weighted by atomic mass is 10.0.